The van der Waals surface area contributed by atoms with Gasteiger partial charge in [-0.25, -0.2) is 0 Å². The van der Waals surface area contributed by atoms with Crippen LogP contribution in [0.5, 0.6) is 5.75 Å². The van der Waals surface area contributed by atoms with Crippen molar-refractivity contribution in [3.05, 3.63) is 59.2 Å². The Morgan fingerprint density at radius 3 is 2.79 bits per heavy atom. The van der Waals surface area contributed by atoms with Crippen LogP contribution in [0.15, 0.2) is 42.5 Å². The first-order valence-electron chi connectivity index (χ1n) is 10.2. The van der Waals surface area contributed by atoms with Gasteiger partial charge in [0.15, 0.2) is 0 Å². The first kappa shape index (κ1) is 19.7. The summed E-state index contributed by atoms with van der Waals surface area (Å²) in [6, 6.07) is 14.1. The average Bonchev–Trinajstić information content (AvgIpc) is 3.14. The summed E-state index contributed by atoms with van der Waals surface area (Å²) in [5.74, 6) is 0.605. The van der Waals surface area contributed by atoms with Crippen molar-refractivity contribution in [3.63, 3.8) is 0 Å². The van der Waals surface area contributed by atoms with E-state index in [1.54, 1.807) is 13.2 Å². The number of hydrogen-bond donors (Lipinski definition) is 1. The summed E-state index contributed by atoms with van der Waals surface area (Å²) in [5.41, 5.74) is 4.57. The molecular formula is C23H29N3O3. The van der Waals surface area contributed by atoms with E-state index in [1.165, 1.54) is 16.8 Å². The molecule has 1 saturated heterocycles. The van der Waals surface area contributed by atoms with Crippen molar-refractivity contribution in [2.75, 3.05) is 58.5 Å². The Balaban J connectivity index is 1.52. The van der Waals surface area contributed by atoms with E-state index >= 15 is 0 Å². The molecule has 2 aliphatic rings. The fraction of sp³-hybridized carbons (Fsp3) is 0.435. The van der Waals surface area contributed by atoms with E-state index in [0.29, 0.717) is 17.9 Å². The summed E-state index contributed by atoms with van der Waals surface area (Å²) >= 11 is 0. The molecule has 2 aromatic rings. The van der Waals surface area contributed by atoms with Gasteiger partial charge in [0.05, 0.1) is 26.4 Å². The summed E-state index contributed by atoms with van der Waals surface area (Å²) in [6.07, 6.45) is 1.08. The highest BCUT2D eigenvalue weighted by atomic mass is 16.5. The van der Waals surface area contributed by atoms with Crippen LogP contribution in [0.4, 0.5) is 5.69 Å². The topological polar surface area (TPSA) is 54.0 Å². The molecule has 2 heterocycles. The number of benzene rings is 2. The summed E-state index contributed by atoms with van der Waals surface area (Å²) in [7, 11) is 3.75. The van der Waals surface area contributed by atoms with Gasteiger partial charge in [-0.15, -0.1) is 0 Å². The first-order chi connectivity index (χ1) is 14.2. The lowest BCUT2D eigenvalue weighted by molar-refractivity contribution is 0.0162. The van der Waals surface area contributed by atoms with Crippen molar-refractivity contribution in [1.29, 1.82) is 0 Å². The van der Waals surface area contributed by atoms with Gasteiger partial charge in [-0.05, 0) is 41.8 Å². The average molecular weight is 396 g/mol. The Bertz CT molecular complexity index is 864. The predicted molar refractivity (Wildman–Crippen MR) is 114 cm³/mol. The molecule has 0 aromatic heterocycles. The van der Waals surface area contributed by atoms with Crippen molar-refractivity contribution in [2.24, 2.45) is 0 Å². The lowest BCUT2D eigenvalue weighted by Crippen LogP contribution is -2.43. The molecule has 1 atom stereocenters. The highest BCUT2D eigenvalue weighted by Crippen LogP contribution is 2.31. The summed E-state index contributed by atoms with van der Waals surface area (Å²) in [5, 5.41) is 3.14. The number of nitrogens with zero attached hydrogens (tertiary/aromatic N) is 2. The molecule has 154 valence electrons. The SMILES string of the molecule is COc1cccc(C(=O)NCC(c2ccc3c(c2)CCN3C)N2CCOCC2)c1. The Labute approximate surface area is 172 Å². The largest absolute Gasteiger partial charge is 0.497 e. The molecule has 0 bridgehead atoms. The fourth-order valence-electron chi connectivity index (χ4n) is 4.20. The molecule has 2 aliphatic heterocycles. The molecule has 1 unspecified atom stereocenters. The van der Waals surface area contributed by atoms with Crippen LogP contribution in [0, 0.1) is 0 Å². The monoisotopic (exact) mass is 395 g/mol. The summed E-state index contributed by atoms with van der Waals surface area (Å²) < 4.78 is 10.8. The van der Waals surface area contributed by atoms with Crippen molar-refractivity contribution in [1.82, 2.24) is 10.2 Å². The van der Waals surface area contributed by atoms with E-state index in [1.807, 2.05) is 18.2 Å². The minimum absolute atomic E-state index is 0.0805. The smallest absolute Gasteiger partial charge is 0.251 e. The highest BCUT2D eigenvalue weighted by Gasteiger charge is 2.25. The first-order valence-corrected chi connectivity index (χ1v) is 10.2. The molecule has 0 aliphatic carbocycles. The second-order valence-electron chi connectivity index (χ2n) is 7.67. The number of fused-ring (bicyclic) bond motifs is 1. The number of methoxy groups -OCH3 is 1. The number of ether oxygens (including phenoxy) is 2. The van der Waals surface area contributed by atoms with Crippen molar-refractivity contribution >= 4 is 11.6 Å². The van der Waals surface area contributed by atoms with Gasteiger partial charge < -0.3 is 19.7 Å². The van der Waals surface area contributed by atoms with E-state index in [0.717, 1.165) is 39.3 Å². The number of amides is 1. The molecule has 0 saturated carbocycles. The normalized spacial score (nSPS) is 17.7. The maximum absolute atomic E-state index is 12.7. The van der Waals surface area contributed by atoms with Gasteiger partial charge in [0.25, 0.3) is 5.91 Å². The molecule has 4 rings (SSSR count). The van der Waals surface area contributed by atoms with Crippen LogP contribution in [-0.2, 0) is 11.2 Å². The van der Waals surface area contributed by atoms with E-state index in [4.69, 9.17) is 9.47 Å². The van der Waals surface area contributed by atoms with Crippen LogP contribution in [0.25, 0.3) is 0 Å². The molecular weight excluding hydrogens is 366 g/mol. The Morgan fingerprint density at radius 2 is 2.00 bits per heavy atom. The third-order valence-corrected chi connectivity index (χ3v) is 5.89. The molecule has 1 N–H and O–H groups in total. The number of rotatable bonds is 6. The zero-order valence-corrected chi connectivity index (χ0v) is 17.2. The van der Waals surface area contributed by atoms with Gasteiger partial charge in [-0.3, -0.25) is 9.69 Å². The molecule has 1 fully saturated rings. The standard InChI is InChI=1S/C23H29N3O3/c1-25-9-8-18-14-17(6-7-21(18)25)22(26-10-12-29-13-11-26)16-24-23(27)19-4-3-5-20(15-19)28-2/h3-7,14-15,22H,8-13,16H2,1-2H3,(H,24,27). The third kappa shape index (κ3) is 4.38. The predicted octanol–water partition coefficient (Wildman–Crippen LogP) is 2.49. The van der Waals surface area contributed by atoms with Crippen LogP contribution in [0.2, 0.25) is 0 Å². The maximum Gasteiger partial charge on any atom is 0.251 e. The summed E-state index contributed by atoms with van der Waals surface area (Å²) in [6.45, 7) is 4.83. The van der Waals surface area contributed by atoms with E-state index in [-0.39, 0.29) is 11.9 Å². The summed E-state index contributed by atoms with van der Waals surface area (Å²) in [4.78, 5) is 17.5. The number of morpholine rings is 1. The number of likely N-dealkylation sites (N-methyl/N-ethyl adjacent to an activating group) is 1. The number of nitrogens with one attached hydrogen (secondary N) is 1. The van der Waals surface area contributed by atoms with Crippen LogP contribution < -0.4 is 15.0 Å². The van der Waals surface area contributed by atoms with Crippen LogP contribution in [-0.4, -0.2) is 64.4 Å². The zero-order valence-electron chi connectivity index (χ0n) is 17.2. The molecule has 0 radical (unpaired) electrons. The fourth-order valence-corrected chi connectivity index (χ4v) is 4.20. The lowest BCUT2D eigenvalue weighted by Gasteiger charge is -2.35. The third-order valence-electron chi connectivity index (χ3n) is 5.89. The quantitative estimate of drug-likeness (QED) is 0.815. The lowest BCUT2D eigenvalue weighted by atomic mass is 10.00. The van der Waals surface area contributed by atoms with E-state index in [2.05, 4.69) is 40.4 Å². The molecule has 6 nitrogen and oxygen atoms in total. The maximum atomic E-state index is 12.7. The van der Waals surface area contributed by atoms with E-state index < -0.39 is 0 Å². The van der Waals surface area contributed by atoms with Gasteiger partial charge in [-0.2, -0.15) is 0 Å². The number of carbonyl (C=O) groups excluding carboxylic acids is 1. The Morgan fingerprint density at radius 1 is 1.17 bits per heavy atom. The van der Waals surface area contributed by atoms with Crippen LogP contribution in [0.3, 0.4) is 0 Å². The van der Waals surface area contributed by atoms with E-state index in [9.17, 15) is 4.79 Å². The molecule has 29 heavy (non-hydrogen) atoms. The van der Waals surface area contributed by atoms with Gasteiger partial charge >= 0.3 is 0 Å². The molecule has 6 heteroatoms. The Hall–Kier alpha value is -2.57. The van der Waals surface area contributed by atoms with Gasteiger partial charge in [0, 0.05) is 44.5 Å². The number of carbonyl (C=O) groups is 1. The minimum atomic E-state index is -0.0805. The second kappa shape index (κ2) is 8.84. The van der Waals surface area contributed by atoms with Crippen LogP contribution >= 0.6 is 0 Å². The van der Waals surface area contributed by atoms with Gasteiger partial charge in [0.1, 0.15) is 5.75 Å². The zero-order chi connectivity index (χ0) is 20.2. The molecule has 1 amide bonds. The highest BCUT2D eigenvalue weighted by molar-refractivity contribution is 5.94. The van der Waals surface area contributed by atoms with Crippen molar-refractivity contribution < 1.29 is 14.3 Å². The Kier molecular flexibility index (Phi) is 6.02. The molecule has 0 spiro atoms. The number of anilines is 1. The van der Waals surface area contributed by atoms with Crippen LogP contribution in [0.1, 0.15) is 27.5 Å². The minimum Gasteiger partial charge on any atom is -0.497 e. The molecule has 2 aromatic carbocycles. The second-order valence-corrected chi connectivity index (χ2v) is 7.67. The number of hydrogen-bond acceptors (Lipinski definition) is 5. The van der Waals surface area contributed by atoms with Gasteiger partial charge in [-0.1, -0.05) is 18.2 Å². The van der Waals surface area contributed by atoms with Crippen molar-refractivity contribution in [2.45, 2.75) is 12.5 Å². The van der Waals surface area contributed by atoms with Crippen molar-refractivity contribution in [3.8, 4) is 5.75 Å². The van der Waals surface area contributed by atoms with Gasteiger partial charge in [0.2, 0.25) is 0 Å².